The molecule has 1 unspecified atom stereocenters. The standard InChI is InChI=1S/C16H26N2O5S/c1-21-11-12-24(19,20)17-13-16(18-7-9-23-10-8-18)14-3-5-15(22-2)6-4-14/h3-6,16-17H,7-13H2,1-2H3. The van der Waals surface area contributed by atoms with E-state index in [4.69, 9.17) is 14.2 Å². The maximum atomic E-state index is 12.1. The van der Waals surface area contributed by atoms with Gasteiger partial charge in [-0.15, -0.1) is 0 Å². The van der Waals surface area contributed by atoms with Gasteiger partial charge < -0.3 is 14.2 Å². The van der Waals surface area contributed by atoms with E-state index in [0.717, 1.165) is 24.4 Å². The number of nitrogens with zero attached hydrogens (tertiary/aromatic N) is 1. The summed E-state index contributed by atoms with van der Waals surface area (Å²) >= 11 is 0. The summed E-state index contributed by atoms with van der Waals surface area (Å²) in [5, 5.41) is 0. The van der Waals surface area contributed by atoms with Crippen LogP contribution in [0.1, 0.15) is 11.6 Å². The summed E-state index contributed by atoms with van der Waals surface area (Å²) in [6.07, 6.45) is 0. The van der Waals surface area contributed by atoms with E-state index >= 15 is 0 Å². The van der Waals surface area contributed by atoms with Crippen molar-refractivity contribution in [2.75, 3.05) is 59.4 Å². The molecule has 1 aliphatic rings. The molecule has 0 aromatic heterocycles. The molecule has 2 rings (SSSR count). The highest BCUT2D eigenvalue weighted by Gasteiger charge is 2.24. The third-order valence-electron chi connectivity index (χ3n) is 4.04. The number of morpholine rings is 1. The molecule has 0 radical (unpaired) electrons. The molecular formula is C16H26N2O5S. The van der Waals surface area contributed by atoms with E-state index in [9.17, 15) is 8.42 Å². The van der Waals surface area contributed by atoms with Crippen molar-refractivity contribution in [3.05, 3.63) is 29.8 Å². The van der Waals surface area contributed by atoms with Gasteiger partial charge in [0.15, 0.2) is 0 Å². The van der Waals surface area contributed by atoms with Gasteiger partial charge in [-0.05, 0) is 17.7 Å². The predicted octanol–water partition coefficient (Wildman–Crippen LogP) is 0.634. The van der Waals surface area contributed by atoms with Crippen LogP contribution in [0.3, 0.4) is 0 Å². The van der Waals surface area contributed by atoms with Crippen LogP contribution in [0.15, 0.2) is 24.3 Å². The Balaban J connectivity index is 2.10. The minimum Gasteiger partial charge on any atom is -0.497 e. The van der Waals surface area contributed by atoms with E-state index < -0.39 is 10.0 Å². The fourth-order valence-corrected chi connectivity index (χ4v) is 3.59. The molecule has 136 valence electrons. The van der Waals surface area contributed by atoms with E-state index in [2.05, 4.69) is 9.62 Å². The van der Waals surface area contributed by atoms with E-state index in [1.54, 1.807) is 7.11 Å². The van der Waals surface area contributed by atoms with Crippen molar-refractivity contribution in [1.82, 2.24) is 9.62 Å². The van der Waals surface area contributed by atoms with Crippen LogP contribution in [-0.4, -0.2) is 72.7 Å². The number of benzene rings is 1. The van der Waals surface area contributed by atoms with Gasteiger partial charge in [0.2, 0.25) is 10.0 Å². The number of nitrogens with one attached hydrogen (secondary N) is 1. The molecule has 0 amide bonds. The molecule has 1 saturated heterocycles. The summed E-state index contributed by atoms with van der Waals surface area (Å²) in [4.78, 5) is 2.24. The largest absolute Gasteiger partial charge is 0.497 e. The van der Waals surface area contributed by atoms with Crippen molar-refractivity contribution in [3.8, 4) is 5.75 Å². The van der Waals surface area contributed by atoms with E-state index in [-0.39, 0.29) is 18.4 Å². The first-order chi connectivity index (χ1) is 11.6. The van der Waals surface area contributed by atoms with Gasteiger partial charge in [-0.1, -0.05) is 12.1 Å². The second kappa shape index (κ2) is 9.33. The Morgan fingerprint density at radius 1 is 1.21 bits per heavy atom. The molecule has 0 saturated carbocycles. The zero-order chi connectivity index (χ0) is 17.4. The molecule has 0 bridgehead atoms. The zero-order valence-electron chi connectivity index (χ0n) is 14.2. The maximum absolute atomic E-state index is 12.1. The topological polar surface area (TPSA) is 77.1 Å². The lowest BCUT2D eigenvalue weighted by Crippen LogP contribution is -2.44. The summed E-state index contributed by atoms with van der Waals surface area (Å²) in [6, 6.07) is 7.69. The second-order valence-electron chi connectivity index (χ2n) is 5.60. The SMILES string of the molecule is COCCS(=O)(=O)NCC(c1ccc(OC)cc1)N1CCOCC1. The third kappa shape index (κ3) is 5.71. The van der Waals surface area contributed by atoms with Crippen molar-refractivity contribution >= 4 is 10.0 Å². The van der Waals surface area contributed by atoms with Crippen molar-refractivity contribution in [1.29, 1.82) is 0 Å². The highest BCUT2D eigenvalue weighted by Crippen LogP contribution is 2.23. The van der Waals surface area contributed by atoms with Crippen molar-refractivity contribution in [2.45, 2.75) is 6.04 Å². The Kier molecular flexibility index (Phi) is 7.44. The summed E-state index contributed by atoms with van der Waals surface area (Å²) in [6.45, 7) is 3.36. The summed E-state index contributed by atoms with van der Waals surface area (Å²) in [5.74, 6) is 0.738. The molecule has 1 aliphatic heterocycles. The number of hydrogen-bond acceptors (Lipinski definition) is 6. The Morgan fingerprint density at radius 2 is 1.88 bits per heavy atom. The highest BCUT2D eigenvalue weighted by molar-refractivity contribution is 7.89. The van der Waals surface area contributed by atoms with Crippen molar-refractivity contribution in [3.63, 3.8) is 0 Å². The molecule has 1 aromatic carbocycles. The molecule has 7 nitrogen and oxygen atoms in total. The Morgan fingerprint density at radius 3 is 2.46 bits per heavy atom. The summed E-state index contributed by atoms with van der Waals surface area (Å²) in [7, 11) is -0.243. The molecule has 24 heavy (non-hydrogen) atoms. The summed E-state index contributed by atoms with van der Waals surface area (Å²) in [5.41, 5.74) is 1.05. The average molecular weight is 358 g/mol. The van der Waals surface area contributed by atoms with E-state index in [1.165, 1.54) is 7.11 Å². The monoisotopic (exact) mass is 358 g/mol. The van der Waals surface area contributed by atoms with Gasteiger partial charge in [0, 0.05) is 32.8 Å². The maximum Gasteiger partial charge on any atom is 0.213 e. The first-order valence-electron chi connectivity index (χ1n) is 7.98. The molecule has 1 fully saturated rings. The second-order valence-corrected chi connectivity index (χ2v) is 7.52. The third-order valence-corrected chi connectivity index (χ3v) is 5.35. The smallest absolute Gasteiger partial charge is 0.213 e. The molecule has 0 spiro atoms. The lowest BCUT2D eigenvalue weighted by Gasteiger charge is -2.35. The van der Waals surface area contributed by atoms with Gasteiger partial charge in [0.05, 0.1) is 32.7 Å². The van der Waals surface area contributed by atoms with Crippen LogP contribution in [0.25, 0.3) is 0 Å². The minimum absolute atomic E-state index is 0.0397. The minimum atomic E-state index is -3.36. The molecule has 8 heteroatoms. The van der Waals surface area contributed by atoms with Crippen molar-refractivity contribution < 1.29 is 22.6 Å². The summed E-state index contributed by atoms with van der Waals surface area (Å²) < 4.78 is 42.3. The number of sulfonamides is 1. The van der Waals surface area contributed by atoms with Crippen LogP contribution in [0.2, 0.25) is 0 Å². The van der Waals surface area contributed by atoms with Gasteiger partial charge in [-0.3, -0.25) is 4.90 Å². The average Bonchev–Trinajstić information content (AvgIpc) is 2.61. The predicted molar refractivity (Wildman–Crippen MR) is 91.8 cm³/mol. The molecule has 1 N–H and O–H groups in total. The first-order valence-corrected chi connectivity index (χ1v) is 9.63. The number of hydrogen-bond donors (Lipinski definition) is 1. The van der Waals surface area contributed by atoms with Gasteiger partial charge in [-0.2, -0.15) is 0 Å². The van der Waals surface area contributed by atoms with E-state index in [0.29, 0.717) is 19.8 Å². The lowest BCUT2D eigenvalue weighted by molar-refractivity contribution is 0.0172. The number of ether oxygens (including phenoxy) is 3. The van der Waals surface area contributed by atoms with Crippen molar-refractivity contribution in [2.24, 2.45) is 0 Å². The quantitative estimate of drug-likeness (QED) is 0.698. The highest BCUT2D eigenvalue weighted by atomic mass is 32.2. The van der Waals surface area contributed by atoms with Crippen LogP contribution < -0.4 is 9.46 Å². The molecule has 0 aliphatic carbocycles. The first kappa shape index (κ1) is 19.1. The van der Waals surface area contributed by atoms with Gasteiger partial charge in [-0.25, -0.2) is 13.1 Å². The number of methoxy groups -OCH3 is 2. The van der Waals surface area contributed by atoms with Crippen LogP contribution in [0.5, 0.6) is 5.75 Å². The molecule has 1 atom stereocenters. The van der Waals surface area contributed by atoms with Crippen LogP contribution in [0.4, 0.5) is 0 Å². The zero-order valence-corrected chi connectivity index (χ0v) is 15.0. The van der Waals surface area contributed by atoms with Crippen LogP contribution in [0, 0.1) is 0 Å². The van der Waals surface area contributed by atoms with Gasteiger partial charge >= 0.3 is 0 Å². The van der Waals surface area contributed by atoms with Crippen LogP contribution in [-0.2, 0) is 19.5 Å². The Bertz CT molecular complexity index is 585. The normalized spacial score (nSPS) is 17.6. The van der Waals surface area contributed by atoms with E-state index in [1.807, 2.05) is 24.3 Å². The fourth-order valence-electron chi connectivity index (χ4n) is 2.64. The van der Waals surface area contributed by atoms with Crippen LogP contribution >= 0.6 is 0 Å². The fraction of sp³-hybridized carbons (Fsp3) is 0.625. The molecule has 1 heterocycles. The number of rotatable bonds is 9. The lowest BCUT2D eigenvalue weighted by atomic mass is 10.0. The molecular weight excluding hydrogens is 332 g/mol. The van der Waals surface area contributed by atoms with Gasteiger partial charge in [0.25, 0.3) is 0 Å². The Hall–Kier alpha value is -1.19. The Labute approximate surface area is 143 Å². The molecule has 1 aromatic rings. The van der Waals surface area contributed by atoms with Gasteiger partial charge in [0.1, 0.15) is 5.75 Å².